The van der Waals surface area contributed by atoms with Crippen LogP contribution in [0.4, 0.5) is 0 Å². The number of unbranched alkanes of at least 4 members (excludes halogenated alkanes) is 19. The summed E-state index contributed by atoms with van der Waals surface area (Å²) < 4.78 is 68.6. The molecular formula is C89H144O17P2. The van der Waals surface area contributed by atoms with Gasteiger partial charge in [-0.05, 0) is 173 Å². The second-order valence-electron chi connectivity index (χ2n) is 26.6. The molecule has 0 saturated carbocycles. The summed E-state index contributed by atoms with van der Waals surface area (Å²) in [6.07, 6.45) is 95.9. The van der Waals surface area contributed by atoms with Gasteiger partial charge in [0.05, 0.1) is 26.4 Å². The molecule has 17 nitrogen and oxygen atoms in total. The van der Waals surface area contributed by atoms with Crippen molar-refractivity contribution in [1.29, 1.82) is 0 Å². The summed E-state index contributed by atoms with van der Waals surface area (Å²) in [4.78, 5) is 73.1. The van der Waals surface area contributed by atoms with Crippen LogP contribution in [0, 0.1) is 0 Å². The van der Waals surface area contributed by atoms with Crippen molar-refractivity contribution < 1.29 is 80.2 Å². The van der Waals surface area contributed by atoms with Gasteiger partial charge in [0.15, 0.2) is 12.2 Å². The highest BCUT2D eigenvalue weighted by Crippen LogP contribution is 2.45. The van der Waals surface area contributed by atoms with Gasteiger partial charge in [-0.3, -0.25) is 37.3 Å². The molecule has 0 amide bonds. The zero-order chi connectivity index (χ0) is 78.9. The maximum atomic E-state index is 13.1. The molecule has 0 aliphatic heterocycles. The Kier molecular flexibility index (Phi) is 75.0. The highest BCUT2D eigenvalue weighted by molar-refractivity contribution is 7.47. The molecule has 612 valence electrons. The van der Waals surface area contributed by atoms with Gasteiger partial charge in [-0.15, -0.1) is 0 Å². The first kappa shape index (κ1) is 102. The van der Waals surface area contributed by atoms with Crippen molar-refractivity contribution in [2.45, 2.75) is 316 Å². The second kappa shape index (κ2) is 79.3. The van der Waals surface area contributed by atoms with Crippen LogP contribution < -0.4 is 0 Å². The van der Waals surface area contributed by atoms with Crippen LogP contribution >= 0.6 is 15.6 Å². The van der Waals surface area contributed by atoms with E-state index >= 15 is 0 Å². The number of carbonyl (C=O) groups excluding carboxylic acids is 4. The molecule has 0 aliphatic carbocycles. The van der Waals surface area contributed by atoms with Gasteiger partial charge in [0.2, 0.25) is 0 Å². The zero-order valence-electron chi connectivity index (χ0n) is 66.9. The van der Waals surface area contributed by atoms with E-state index < -0.39 is 97.5 Å². The van der Waals surface area contributed by atoms with Crippen molar-refractivity contribution in [3.63, 3.8) is 0 Å². The van der Waals surface area contributed by atoms with Crippen molar-refractivity contribution in [2.24, 2.45) is 0 Å². The normalized spacial score (nSPS) is 14.8. The lowest BCUT2D eigenvalue weighted by molar-refractivity contribution is -0.161. The van der Waals surface area contributed by atoms with Gasteiger partial charge in [0, 0.05) is 25.7 Å². The van der Waals surface area contributed by atoms with E-state index in [9.17, 15) is 43.2 Å². The third-order valence-electron chi connectivity index (χ3n) is 16.3. The maximum Gasteiger partial charge on any atom is 0.472 e. The highest BCUT2D eigenvalue weighted by atomic mass is 31.2. The number of aliphatic hydroxyl groups is 1. The summed E-state index contributed by atoms with van der Waals surface area (Å²) in [6.45, 7) is 4.42. The van der Waals surface area contributed by atoms with E-state index in [2.05, 4.69) is 186 Å². The molecule has 0 fully saturated rings. The fourth-order valence-electron chi connectivity index (χ4n) is 10.2. The molecule has 0 aromatic rings. The Balaban J connectivity index is 5.51. The van der Waals surface area contributed by atoms with Gasteiger partial charge in [0.25, 0.3) is 0 Å². The van der Waals surface area contributed by atoms with Gasteiger partial charge in [0.1, 0.15) is 19.3 Å². The van der Waals surface area contributed by atoms with E-state index in [1.807, 2.05) is 24.3 Å². The predicted octanol–water partition coefficient (Wildman–Crippen LogP) is 24.3. The lowest BCUT2D eigenvalue weighted by atomic mass is 10.1. The standard InChI is InChI=1S/C89H144O17P2/c1-5-9-13-17-21-25-29-33-37-40-41-44-47-50-54-58-62-66-70-74-87(92)100-80-85(106-89(94)76-72-68-64-60-56-52-48-43-39-35-31-27-23-19-15-11-7-3)82-104-108(97,98)102-78-83(90)77-101-107(95,96)103-81-84(105-88(93)75-71-67-63-59-55-51-45-36-32-28-24-20-16-12-8-4)79-99-86(91)73-69-65-61-57-53-49-46-42-38-34-30-26-22-18-14-10-6-2/h10-11,14-15,21-28,33-39,41,44-46,48-49,52,57,60-61,64,83-85,90H,5-9,12-13,16-20,29-32,40,42-43,47,50-51,53-56,58-59,62-63,65-82H2,1-4H3,(H,95,96)(H,97,98)/b14-10-,15-11-,25-21-,26-22-,27-23-,28-24-,37-33-,38-34-,39-35-,44-41-,45-36-,49-46-,52-48-,61-57-,64-60-. The number of hydrogen-bond donors (Lipinski definition) is 3. The molecule has 0 aromatic heterocycles. The summed E-state index contributed by atoms with van der Waals surface area (Å²) in [5.41, 5.74) is 0. The average molecular weight is 1550 g/mol. The van der Waals surface area contributed by atoms with Gasteiger partial charge in [-0.25, -0.2) is 9.13 Å². The number of carbonyl (C=O) groups is 4. The number of rotatable bonds is 75. The molecule has 5 unspecified atom stereocenters. The Labute approximate surface area is 654 Å². The molecule has 0 spiro atoms. The van der Waals surface area contributed by atoms with E-state index in [1.54, 1.807) is 0 Å². The Morgan fingerprint density at radius 1 is 0.269 bits per heavy atom. The number of allylic oxidation sites excluding steroid dienone is 30. The highest BCUT2D eigenvalue weighted by Gasteiger charge is 2.30. The molecule has 108 heavy (non-hydrogen) atoms. The average Bonchev–Trinajstić information content (AvgIpc) is 0.906. The number of esters is 4. The third kappa shape index (κ3) is 78.3. The number of ether oxygens (including phenoxy) is 4. The minimum atomic E-state index is -5.01. The van der Waals surface area contributed by atoms with Crippen LogP contribution in [0.15, 0.2) is 182 Å². The van der Waals surface area contributed by atoms with Crippen molar-refractivity contribution in [1.82, 2.24) is 0 Å². The molecule has 3 N–H and O–H groups in total. The van der Waals surface area contributed by atoms with Crippen LogP contribution in [0.3, 0.4) is 0 Å². The first-order chi connectivity index (χ1) is 52.7. The SMILES string of the molecule is CC/C=C\C/C=C\C/C=C\C/C=C\C/C=C\CCCC(=O)OCC(COP(=O)(O)OCC(O)COP(=O)(O)OCC(COC(=O)CCCCCCCC/C=C\C/C=C\C/C=C\CCCCC)OC(=O)CCC/C=C\C/C=C\C/C=C\C/C=C\C/C=C\CC)OC(=O)CCCCCCC/C=C\C/C=C\CCCCC. The Morgan fingerprint density at radius 3 is 0.787 bits per heavy atom. The number of hydrogen-bond acceptors (Lipinski definition) is 15. The van der Waals surface area contributed by atoms with Gasteiger partial charge < -0.3 is 33.8 Å². The number of aliphatic hydroxyl groups excluding tert-OH is 1. The van der Waals surface area contributed by atoms with Crippen LogP contribution in [-0.2, 0) is 65.4 Å². The molecule has 19 heteroatoms. The quantitative estimate of drug-likeness (QED) is 0.0169. The Hall–Kier alpha value is -5.84. The van der Waals surface area contributed by atoms with Crippen LogP contribution in [0.25, 0.3) is 0 Å². The van der Waals surface area contributed by atoms with Gasteiger partial charge >= 0.3 is 39.5 Å². The summed E-state index contributed by atoms with van der Waals surface area (Å²) >= 11 is 0. The summed E-state index contributed by atoms with van der Waals surface area (Å²) in [7, 11) is -10.0. The maximum absolute atomic E-state index is 13.1. The molecule has 0 heterocycles. The van der Waals surface area contributed by atoms with Crippen LogP contribution in [0.2, 0.25) is 0 Å². The molecule has 0 aliphatic rings. The van der Waals surface area contributed by atoms with Crippen LogP contribution in [-0.4, -0.2) is 96.7 Å². The monoisotopic (exact) mass is 1550 g/mol. The van der Waals surface area contributed by atoms with E-state index in [-0.39, 0.29) is 25.7 Å². The number of phosphoric acid groups is 2. The van der Waals surface area contributed by atoms with Crippen molar-refractivity contribution in [3.8, 4) is 0 Å². The first-order valence-corrected chi connectivity index (χ1v) is 44.0. The fourth-order valence-corrected chi connectivity index (χ4v) is 11.7. The van der Waals surface area contributed by atoms with E-state index in [0.717, 1.165) is 167 Å². The summed E-state index contributed by atoms with van der Waals surface area (Å²) in [5.74, 6) is -2.35. The number of phosphoric ester groups is 2. The van der Waals surface area contributed by atoms with Crippen LogP contribution in [0.5, 0.6) is 0 Å². The van der Waals surface area contributed by atoms with Gasteiger partial charge in [-0.1, -0.05) is 281 Å². The van der Waals surface area contributed by atoms with Crippen molar-refractivity contribution in [2.75, 3.05) is 39.6 Å². The topological polar surface area (TPSA) is 237 Å². The molecule has 5 atom stereocenters. The molecule has 0 saturated heterocycles. The molecular weight excluding hydrogens is 1400 g/mol. The minimum Gasteiger partial charge on any atom is -0.462 e. The third-order valence-corrected chi connectivity index (χ3v) is 18.2. The predicted molar refractivity (Wildman–Crippen MR) is 445 cm³/mol. The van der Waals surface area contributed by atoms with Crippen LogP contribution in [0.1, 0.15) is 297 Å². The largest absolute Gasteiger partial charge is 0.472 e. The molecule has 0 aromatic carbocycles. The Morgan fingerprint density at radius 2 is 0.491 bits per heavy atom. The Bertz CT molecular complexity index is 2760. The lowest BCUT2D eigenvalue weighted by Gasteiger charge is -2.21. The molecule has 0 rings (SSSR count). The molecule has 0 bridgehead atoms. The van der Waals surface area contributed by atoms with Crippen molar-refractivity contribution >= 4 is 39.5 Å². The van der Waals surface area contributed by atoms with E-state index in [0.29, 0.717) is 38.5 Å². The first-order valence-electron chi connectivity index (χ1n) is 41.0. The zero-order valence-corrected chi connectivity index (χ0v) is 68.7. The lowest BCUT2D eigenvalue weighted by Crippen LogP contribution is -2.30. The van der Waals surface area contributed by atoms with E-state index in [4.69, 9.17) is 37.0 Å². The minimum absolute atomic E-state index is 0.00534. The second-order valence-corrected chi connectivity index (χ2v) is 29.5. The molecule has 0 radical (unpaired) electrons. The van der Waals surface area contributed by atoms with Gasteiger partial charge in [-0.2, -0.15) is 0 Å². The summed E-state index contributed by atoms with van der Waals surface area (Å²) in [5, 5.41) is 10.7. The summed E-state index contributed by atoms with van der Waals surface area (Å²) in [6, 6.07) is 0. The van der Waals surface area contributed by atoms with E-state index in [1.165, 1.54) is 38.5 Å². The van der Waals surface area contributed by atoms with Crippen molar-refractivity contribution in [3.05, 3.63) is 182 Å². The fraction of sp³-hybridized carbons (Fsp3) is 0.618. The smallest absolute Gasteiger partial charge is 0.462 e.